The largest absolute Gasteiger partial charge is 0.375 e. The van der Waals surface area contributed by atoms with Gasteiger partial charge >= 0.3 is 11.6 Å². The van der Waals surface area contributed by atoms with Gasteiger partial charge in [-0.2, -0.15) is 4.68 Å². The number of benzene rings is 4. The van der Waals surface area contributed by atoms with Crippen molar-refractivity contribution in [2.45, 2.75) is 38.4 Å². The number of nitrogens with two attached hydrogens (primary N) is 2. The molecular weight excluding hydrogens is 580 g/mol. The van der Waals surface area contributed by atoms with Crippen LogP contribution in [-0.2, 0) is 35.8 Å². The van der Waals surface area contributed by atoms with Gasteiger partial charge in [0.25, 0.3) is 0 Å². The Labute approximate surface area is 268 Å². The van der Waals surface area contributed by atoms with E-state index >= 15 is 0 Å². The molecule has 0 fully saturated rings. The van der Waals surface area contributed by atoms with Crippen molar-refractivity contribution < 1.29 is 19.0 Å². The Morgan fingerprint density at radius 3 is 1.61 bits per heavy atom. The van der Waals surface area contributed by atoms with E-state index in [2.05, 4.69) is 43.1 Å². The minimum Gasteiger partial charge on any atom is -0.375 e. The van der Waals surface area contributed by atoms with Crippen LogP contribution in [0.25, 0.3) is 0 Å². The predicted octanol–water partition coefficient (Wildman–Crippen LogP) is 2.71. The molecule has 6 rings (SSSR count). The van der Waals surface area contributed by atoms with E-state index in [1.165, 1.54) is 0 Å². The highest BCUT2D eigenvalue weighted by Gasteiger charge is 2.23. The molecule has 6 N–H and O–H groups in total. The quantitative estimate of drug-likeness (QED) is 0.135. The standard InChI is InChI=1S/2C17H19N5O/c18-16(13-23-12-15-9-5-2-6-10-15)17-19-20-21-22(17)11-14-7-3-1-4-8-14;18-16(13-23-12-15-9-5-2-6-10-15)17-19-21-22(20-17)11-14-7-3-1-4-8-14/h2*1-10,16H,11-13,18H2/p+2/t2*16-/m11/s1. The molecule has 0 aliphatic rings. The van der Waals surface area contributed by atoms with Gasteiger partial charge in [0.05, 0.1) is 31.5 Å². The minimum atomic E-state index is -0.355. The smallest absolute Gasteiger partial charge is 0.327 e. The highest BCUT2D eigenvalue weighted by Crippen LogP contribution is 2.08. The Balaban J connectivity index is 0.000000181. The van der Waals surface area contributed by atoms with E-state index in [9.17, 15) is 0 Å². The van der Waals surface area contributed by atoms with Crippen LogP contribution in [0.2, 0.25) is 0 Å². The lowest BCUT2D eigenvalue weighted by Gasteiger charge is -2.09. The van der Waals surface area contributed by atoms with Gasteiger partial charge in [0.15, 0.2) is 11.8 Å². The van der Waals surface area contributed by atoms with Crippen LogP contribution >= 0.6 is 0 Å². The van der Waals surface area contributed by atoms with Gasteiger partial charge in [-0.1, -0.05) is 131 Å². The highest BCUT2D eigenvalue weighted by molar-refractivity contribution is 5.15. The van der Waals surface area contributed by atoms with Crippen LogP contribution in [0.5, 0.6) is 0 Å². The Kier molecular flexibility index (Phi) is 12.2. The fourth-order valence-corrected chi connectivity index (χ4v) is 4.56. The summed E-state index contributed by atoms with van der Waals surface area (Å²) in [6.45, 7) is 3.10. The zero-order valence-corrected chi connectivity index (χ0v) is 25.6. The molecule has 6 aromatic rings. The third-order valence-corrected chi connectivity index (χ3v) is 6.94. The van der Waals surface area contributed by atoms with Gasteiger partial charge in [0, 0.05) is 0 Å². The maximum atomic E-state index is 6.19. The summed E-state index contributed by atoms with van der Waals surface area (Å²) in [6, 6.07) is 39.5. The number of aromatic amines is 2. The first kappa shape index (κ1) is 32.3. The first-order chi connectivity index (χ1) is 22.6. The number of nitrogens with zero attached hydrogens (tertiary/aromatic N) is 6. The van der Waals surface area contributed by atoms with Crippen molar-refractivity contribution in [2.24, 2.45) is 11.5 Å². The second kappa shape index (κ2) is 17.4. The summed E-state index contributed by atoms with van der Waals surface area (Å²) in [5, 5.41) is 22.2. The molecule has 0 spiro atoms. The Hall–Kier alpha value is -5.14. The summed E-state index contributed by atoms with van der Waals surface area (Å²) in [7, 11) is 0. The van der Waals surface area contributed by atoms with Crippen molar-refractivity contribution in [3.63, 3.8) is 0 Å². The van der Waals surface area contributed by atoms with Crippen molar-refractivity contribution in [1.29, 1.82) is 0 Å². The Morgan fingerprint density at radius 2 is 1.07 bits per heavy atom. The van der Waals surface area contributed by atoms with Gasteiger partial charge in [-0.05, 0) is 32.6 Å². The summed E-state index contributed by atoms with van der Waals surface area (Å²) < 4.78 is 13.2. The normalized spacial score (nSPS) is 12.2. The van der Waals surface area contributed by atoms with E-state index < -0.39 is 0 Å². The van der Waals surface area contributed by atoms with E-state index in [0.29, 0.717) is 51.2 Å². The summed E-state index contributed by atoms with van der Waals surface area (Å²) >= 11 is 0. The SMILES string of the molecule is N[C@H](COCc1ccccc1)c1n[nH][n+](Cc2ccccc2)n1.N[C@H](COCc1ccccc1)c1nn[nH][n+]1Cc1ccccc1. The highest BCUT2D eigenvalue weighted by atomic mass is 16.5. The first-order valence-electron chi connectivity index (χ1n) is 15.1. The van der Waals surface area contributed by atoms with E-state index in [1.807, 2.05) is 114 Å². The molecular formula is C34H40N10O2+2. The Bertz CT molecular complexity index is 1680. The van der Waals surface area contributed by atoms with Crippen molar-refractivity contribution in [2.75, 3.05) is 13.2 Å². The van der Waals surface area contributed by atoms with E-state index in [-0.39, 0.29) is 12.1 Å². The number of hydrogen-bond acceptors (Lipinski definition) is 8. The molecule has 0 bridgehead atoms. The average molecular weight is 621 g/mol. The van der Waals surface area contributed by atoms with Gasteiger partial charge in [0.1, 0.15) is 23.7 Å². The molecule has 0 saturated heterocycles. The molecule has 12 nitrogen and oxygen atoms in total. The molecule has 2 aromatic heterocycles. The van der Waals surface area contributed by atoms with Crippen molar-refractivity contribution in [3.8, 4) is 0 Å². The maximum Gasteiger partial charge on any atom is 0.327 e. The van der Waals surface area contributed by atoms with Crippen molar-refractivity contribution in [3.05, 3.63) is 155 Å². The van der Waals surface area contributed by atoms with E-state index in [0.717, 1.165) is 22.3 Å². The number of rotatable bonds is 14. The van der Waals surface area contributed by atoms with Gasteiger partial charge in [-0.25, -0.2) is 0 Å². The maximum absolute atomic E-state index is 6.19. The van der Waals surface area contributed by atoms with Gasteiger partial charge < -0.3 is 20.9 Å². The molecule has 2 atom stereocenters. The third kappa shape index (κ3) is 10.2. The van der Waals surface area contributed by atoms with Gasteiger partial charge in [-0.15, -0.1) is 0 Å². The number of nitrogens with one attached hydrogen (secondary N) is 2. The van der Waals surface area contributed by atoms with Gasteiger partial charge in [-0.3, -0.25) is 0 Å². The second-order valence-electron chi connectivity index (χ2n) is 10.7. The van der Waals surface area contributed by atoms with E-state index in [1.54, 1.807) is 4.80 Å². The lowest BCUT2D eigenvalue weighted by atomic mass is 10.2. The predicted molar refractivity (Wildman–Crippen MR) is 170 cm³/mol. The van der Waals surface area contributed by atoms with Crippen LogP contribution in [0, 0.1) is 0 Å². The first-order valence-corrected chi connectivity index (χ1v) is 15.1. The molecule has 2 heterocycles. The zero-order chi connectivity index (χ0) is 31.8. The number of tetrazole rings is 2. The molecule has 46 heavy (non-hydrogen) atoms. The fraction of sp³-hybridized carbons (Fsp3) is 0.235. The van der Waals surface area contributed by atoms with Crippen molar-refractivity contribution in [1.82, 2.24) is 30.9 Å². The molecule has 0 amide bonds. The number of ether oxygens (including phenoxy) is 2. The fourth-order valence-electron chi connectivity index (χ4n) is 4.56. The summed E-state index contributed by atoms with van der Waals surface area (Å²) in [6.07, 6.45) is 0. The van der Waals surface area contributed by atoms with E-state index in [4.69, 9.17) is 20.9 Å². The average Bonchev–Trinajstić information content (AvgIpc) is 3.77. The van der Waals surface area contributed by atoms with Gasteiger partial charge in [0.2, 0.25) is 0 Å². The molecule has 236 valence electrons. The second-order valence-corrected chi connectivity index (χ2v) is 10.7. The molecule has 0 aliphatic heterocycles. The molecule has 0 radical (unpaired) electrons. The summed E-state index contributed by atoms with van der Waals surface area (Å²) in [5.41, 5.74) is 16.8. The Morgan fingerprint density at radius 1 is 0.587 bits per heavy atom. The number of aromatic nitrogens is 8. The minimum absolute atomic E-state index is 0.332. The van der Waals surface area contributed by atoms with Crippen LogP contribution in [0.3, 0.4) is 0 Å². The van der Waals surface area contributed by atoms with Crippen molar-refractivity contribution >= 4 is 0 Å². The topological polar surface area (TPSA) is 161 Å². The van der Waals surface area contributed by atoms with Crippen LogP contribution in [0.4, 0.5) is 0 Å². The molecule has 0 unspecified atom stereocenters. The number of H-pyrrole nitrogens is 2. The zero-order valence-electron chi connectivity index (χ0n) is 25.6. The molecule has 4 aromatic carbocycles. The van der Waals surface area contributed by atoms with Crippen LogP contribution in [-0.4, -0.2) is 44.1 Å². The summed E-state index contributed by atoms with van der Waals surface area (Å²) in [5.74, 6) is 1.23. The third-order valence-electron chi connectivity index (χ3n) is 6.94. The van der Waals surface area contributed by atoms with Crippen LogP contribution in [0.15, 0.2) is 121 Å². The molecule has 12 heteroatoms. The molecule has 0 saturated carbocycles. The monoisotopic (exact) mass is 620 g/mol. The lowest BCUT2D eigenvalue weighted by Crippen LogP contribution is -2.44. The number of hydrogen-bond donors (Lipinski definition) is 4. The molecule has 0 aliphatic carbocycles. The lowest BCUT2D eigenvalue weighted by molar-refractivity contribution is -0.798. The van der Waals surface area contributed by atoms with Crippen LogP contribution < -0.4 is 20.9 Å². The summed E-state index contributed by atoms with van der Waals surface area (Å²) in [4.78, 5) is 1.67. The van der Waals surface area contributed by atoms with Crippen LogP contribution in [0.1, 0.15) is 46.0 Å².